The SMILES string of the molecule is COCC(CCCn1ccc2cc(-c3ncc(C(F)(F)F)cn3)c(F)cc2c1=O)Nc1cnn(COCC[Si](C)(C)C)c(=O)c1C(F)(F)F. The molecule has 0 aliphatic rings. The maximum atomic E-state index is 15.0. The molecule has 1 atom stereocenters. The summed E-state index contributed by atoms with van der Waals surface area (Å²) in [6.45, 7) is 6.27. The monoisotopic (exact) mass is 716 g/mol. The van der Waals surface area contributed by atoms with Gasteiger partial charge < -0.3 is 19.4 Å². The summed E-state index contributed by atoms with van der Waals surface area (Å²) in [5.74, 6) is -1.21. The number of halogens is 7. The molecule has 0 amide bonds. The quantitative estimate of drug-likeness (QED) is 0.0906. The maximum absolute atomic E-state index is 15.0. The molecule has 1 aromatic carbocycles. The maximum Gasteiger partial charge on any atom is 0.423 e. The molecule has 0 spiro atoms. The smallest absolute Gasteiger partial charge is 0.383 e. The molecule has 0 aliphatic heterocycles. The summed E-state index contributed by atoms with van der Waals surface area (Å²) in [7, 11) is -0.0944. The summed E-state index contributed by atoms with van der Waals surface area (Å²) >= 11 is 0. The van der Waals surface area contributed by atoms with E-state index in [1.807, 2.05) is 0 Å². The molecule has 0 saturated carbocycles. The number of pyridine rings is 1. The minimum absolute atomic E-state index is 0.00634. The van der Waals surface area contributed by atoms with Crippen molar-refractivity contribution in [3.63, 3.8) is 0 Å². The first-order valence-electron chi connectivity index (χ1n) is 15.1. The number of methoxy groups -OCH3 is 1. The summed E-state index contributed by atoms with van der Waals surface area (Å²) in [5.41, 5.74) is -5.16. The van der Waals surface area contributed by atoms with Gasteiger partial charge >= 0.3 is 12.4 Å². The normalized spacial score (nSPS) is 13.2. The fourth-order valence-corrected chi connectivity index (χ4v) is 5.64. The van der Waals surface area contributed by atoms with Gasteiger partial charge in [-0.25, -0.2) is 19.0 Å². The van der Waals surface area contributed by atoms with E-state index in [0.29, 0.717) is 22.5 Å². The van der Waals surface area contributed by atoms with Crippen LogP contribution in [0.5, 0.6) is 0 Å². The van der Waals surface area contributed by atoms with E-state index >= 15 is 4.39 Å². The fraction of sp³-hybridized carbons (Fsp3) is 0.452. The molecule has 0 aliphatic carbocycles. The largest absolute Gasteiger partial charge is 0.423 e. The van der Waals surface area contributed by atoms with Gasteiger partial charge in [-0.05, 0) is 42.5 Å². The summed E-state index contributed by atoms with van der Waals surface area (Å²) < 4.78 is 108. The highest BCUT2D eigenvalue weighted by Crippen LogP contribution is 2.33. The number of aromatic nitrogens is 5. The van der Waals surface area contributed by atoms with Gasteiger partial charge in [0.1, 0.15) is 18.1 Å². The number of ether oxygens (including phenoxy) is 2. The van der Waals surface area contributed by atoms with Crippen LogP contribution in [0, 0.1) is 5.82 Å². The Hall–Kier alpha value is -4.16. The molecule has 1 unspecified atom stereocenters. The lowest BCUT2D eigenvalue weighted by Crippen LogP contribution is -2.35. The number of aryl methyl sites for hydroxylation is 1. The molecule has 4 rings (SSSR count). The number of rotatable bonds is 14. The van der Waals surface area contributed by atoms with Gasteiger partial charge in [0.2, 0.25) is 0 Å². The van der Waals surface area contributed by atoms with Crippen molar-refractivity contribution in [1.82, 2.24) is 24.3 Å². The highest BCUT2D eigenvalue weighted by molar-refractivity contribution is 6.76. The predicted octanol–water partition coefficient (Wildman–Crippen LogP) is 6.41. The van der Waals surface area contributed by atoms with Crippen LogP contribution in [0.3, 0.4) is 0 Å². The number of benzene rings is 1. The van der Waals surface area contributed by atoms with E-state index in [1.165, 1.54) is 30.0 Å². The van der Waals surface area contributed by atoms with Gasteiger partial charge in [-0.1, -0.05) is 19.6 Å². The third kappa shape index (κ3) is 9.72. The summed E-state index contributed by atoms with van der Waals surface area (Å²) in [5, 5.41) is 6.88. The lowest BCUT2D eigenvalue weighted by atomic mass is 10.1. The summed E-state index contributed by atoms with van der Waals surface area (Å²) in [6.07, 6.45) is -5.75. The topological polar surface area (TPSA) is 113 Å². The van der Waals surface area contributed by atoms with Crippen LogP contribution in [-0.4, -0.2) is 58.8 Å². The molecule has 3 aromatic heterocycles. The molecule has 4 aromatic rings. The third-order valence-corrected chi connectivity index (χ3v) is 9.21. The van der Waals surface area contributed by atoms with Gasteiger partial charge in [0, 0.05) is 53.0 Å². The standard InChI is InChI=1S/C31H35F7N6O4Si/c1-47-17-21(42-25-16-41-44(18-48-10-11-49(2,3)4)29(46)26(25)31(36,37)38)6-5-8-43-9-7-19-12-23(24(32)13-22(19)28(43)45)27-39-14-20(15-40-27)30(33,34)35/h7,9,12-16,21,42H,5-6,8,10-11,17-18H2,1-4H3. The second kappa shape index (κ2) is 15.2. The number of alkyl halides is 6. The van der Waals surface area contributed by atoms with Crippen LogP contribution in [0.4, 0.5) is 36.4 Å². The minimum atomic E-state index is -4.99. The second-order valence-corrected chi connectivity index (χ2v) is 18.2. The molecule has 10 nitrogen and oxygen atoms in total. The molecule has 49 heavy (non-hydrogen) atoms. The number of hydrogen-bond donors (Lipinski definition) is 1. The van der Waals surface area contributed by atoms with Crippen molar-refractivity contribution >= 4 is 24.5 Å². The molecule has 0 saturated heterocycles. The Balaban J connectivity index is 1.47. The van der Waals surface area contributed by atoms with E-state index in [2.05, 4.69) is 40.0 Å². The molecule has 0 radical (unpaired) electrons. The zero-order chi connectivity index (χ0) is 36.1. The zero-order valence-corrected chi connectivity index (χ0v) is 28.1. The molecule has 3 heterocycles. The molecule has 0 bridgehead atoms. The fourth-order valence-electron chi connectivity index (χ4n) is 4.89. The Kier molecular flexibility index (Phi) is 11.7. The Labute approximate surface area is 276 Å². The molecule has 266 valence electrons. The first-order chi connectivity index (χ1) is 22.9. The number of fused-ring (bicyclic) bond motifs is 1. The Morgan fingerprint density at radius 1 is 0.980 bits per heavy atom. The number of nitrogens with zero attached hydrogens (tertiary/aromatic N) is 5. The number of hydrogen-bond acceptors (Lipinski definition) is 8. The van der Waals surface area contributed by atoms with Crippen molar-refractivity contribution in [2.75, 3.05) is 25.6 Å². The Bertz CT molecular complexity index is 1870. The van der Waals surface area contributed by atoms with Crippen molar-refractivity contribution < 1.29 is 40.2 Å². The zero-order valence-electron chi connectivity index (χ0n) is 27.1. The van der Waals surface area contributed by atoms with Crippen LogP contribution in [0.15, 0.2) is 52.6 Å². The Morgan fingerprint density at radius 3 is 2.29 bits per heavy atom. The highest BCUT2D eigenvalue weighted by atomic mass is 28.3. The lowest BCUT2D eigenvalue weighted by Gasteiger charge is -2.22. The molecule has 1 N–H and O–H groups in total. The molecule has 0 fully saturated rings. The first-order valence-corrected chi connectivity index (χ1v) is 18.8. The average molecular weight is 717 g/mol. The van der Waals surface area contributed by atoms with Gasteiger partial charge in [-0.15, -0.1) is 0 Å². The van der Waals surface area contributed by atoms with Crippen molar-refractivity contribution in [1.29, 1.82) is 0 Å². The van der Waals surface area contributed by atoms with Crippen molar-refractivity contribution in [2.24, 2.45) is 0 Å². The minimum Gasteiger partial charge on any atom is -0.383 e. The van der Waals surface area contributed by atoms with Crippen LogP contribution in [0.25, 0.3) is 22.2 Å². The average Bonchev–Trinajstić information content (AvgIpc) is 3.00. The summed E-state index contributed by atoms with van der Waals surface area (Å²) in [4.78, 5) is 33.2. The van der Waals surface area contributed by atoms with Crippen LogP contribution < -0.4 is 16.4 Å². The van der Waals surface area contributed by atoms with E-state index in [1.54, 1.807) is 0 Å². The lowest BCUT2D eigenvalue weighted by molar-refractivity contribution is -0.139. The van der Waals surface area contributed by atoms with E-state index < -0.39 is 66.9 Å². The van der Waals surface area contributed by atoms with Gasteiger partial charge in [-0.3, -0.25) is 9.59 Å². The highest BCUT2D eigenvalue weighted by Gasteiger charge is 2.39. The van der Waals surface area contributed by atoms with Crippen LogP contribution in [0.2, 0.25) is 25.7 Å². The van der Waals surface area contributed by atoms with Crippen molar-refractivity contribution in [3.05, 3.63) is 80.6 Å². The number of nitrogens with one attached hydrogen (secondary N) is 1. The van der Waals surface area contributed by atoms with Gasteiger partial charge in [0.15, 0.2) is 5.82 Å². The van der Waals surface area contributed by atoms with Crippen LogP contribution in [0.1, 0.15) is 24.0 Å². The predicted molar refractivity (Wildman–Crippen MR) is 170 cm³/mol. The van der Waals surface area contributed by atoms with Gasteiger partial charge in [0.05, 0.1) is 35.0 Å². The van der Waals surface area contributed by atoms with Crippen molar-refractivity contribution in [3.8, 4) is 11.4 Å². The van der Waals surface area contributed by atoms with Gasteiger partial charge in [-0.2, -0.15) is 31.4 Å². The van der Waals surface area contributed by atoms with E-state index in [-0.39, 0.29) is 49.4 Å². The van der Waals surface area contributed by atoms with E-state index in [4.69, 9.17) is 9.47 Å². The first kappa shape index (κ1) is 37.7. The second-order valence-electron chi connectivity index (χ2n) is 12.5. The van der Waals surface area contributed by atoms with Crippen LogP contribution in [-0.2, 0) is 35.1 Å². The molecule has 18 heteroatoms. The molecular weight excluding hydrogens is 681 g/mol. The summed E-state index contributed by atoms with van der Waals surface area (Å²) in [6, 6.07) is 3.77. The number of anilines is 1. The van der Waals surface area contributed by atoms with Gasteiger partial charge in [0.25, 0.3) is 11.1 Å². The Morgan fingerprint density at radius 2 is 1.67 bits per heavy atom. The van der Waals surface area contributed by atoms with Crippen molar-refractivity contribution in [2.45, 2.75) is 70.2 Å². The third-order valence-electron chi connectivity index (χ3n) is 7.50. The van der Waals surface area contributed by atoms with Crippen LogP contribution >= 0.6 is 0 Å². The van der Waals surface area contributed by atoms with E-state index in [9.17, 15) is 35.9 Å². The van der Waals surface area contributed by atoms with E-state index in [0.717, 1.165) is 18.3 Å². The molecular formula is C31H35F7N6O4Si.